The number of ether oxygens (including phenoxy) is 5. The Kier molecular flexibility index (Phi) is 17.1. The molecule has 0 spiro atoms. The lowest BCUT2D eigenvalue weighted by Gasteiger charge is -2.45. The highest BCUT2D eigenvalue weighted by molar-refractivity contribution is 7.82. The molecule has 3 aromatic rings. The fourth-order valence-electron chi connectivity index (χ4n) is 6.52. The monoisotopic (exact) mass is 1170 g/mol. The fraction of sp³-hybridized carbons (Fsp3) is 0.464. The van der Waals surface area contributed by atoms with Crippen LogP contribution < -0.4 is 19.1 Å². The molecule has 0 bridgehead atoms. The molecule has 2 aliphatic heterocycles. The Hall–Kier alpha value is -4.14. The summed E-state index contributed by atoms with van der Waals surface area (Å²) in [7, 11) is -39.7. The molecule has 36 nitrogen and oxygen atoms in total. The van der Waals surface area contributed by atoms with E-state index in [1.165, 1.54) is 6.07 Å². The van der Waals surface area contributed by atoms with Crippen molar-refractivity contribution in [1.29, 1.82) is 0 Å². The van der Waals surface area contributed by atoms with Crippen molar-refractivity contribution in [3.63, 3.8) is 0 Å². The van der Waals surface area contributed by atoms with Gasteiger partial charge in [-0.1, -0.05) is 0 Å². The number of methoxy groups -OCH3 is 1. The van der Waals surface area contributed by atoms with E-state index in [0.29, 0.717) is 12.1 Å². The first-order chi connectivity index (χ1) is 32.2. The first-order valence-electron chi connectivity index (χ1n) is 17.9. The Balaban J connectivity index is 1.64. The lowest BCUT2D eigenvalue weighted by molar-refractivity contribution is -0.306. The standard InChI is InChI=1S/C28H32O36S7/c1-10-21(59-66(34,35)36)23(61-68(40,41)42)25(63-70(46,47)48)27(54-10)53-9-19-22(60-67(37,38)39)24(62-69(43,44)45)26(64-71(49,50)51)28(57-19)55-12-6-13(29)20-14(30)8-16(56-18(20)7-12)11-3-4-15(52-2)17(5-11)58-65(31,32)33/h3-8,10,19,21-29H,9H2,1-2H3,(H,31,32,33)(H,34,35,36)(H,37,38,39)(H,40,41,42)(H,43,44,45)(H,46,47,48)(H,49,50,51)/t10-,19+,21-,22+,23+,24-,25+,26+,27+,28+/m0/s1. The molecule has 0 radical (unpaired) electrons. The van der Waals surface area contributed by atoms with E-state index in [-0.39, 0.29) is 11.3 Å². The van der Waals surface area contributed by atoms with Gasteiger partial charge in [-0.2, -0.15) is 58.9 Å². The first-order valence-corrected chi connectivity index (χ1v) is 27.4. The molecule has 402 valence electrons. The van der Waals surface area contributed by atoms with Crippen LogP contribution in [0.3, 0.4) is 0 Å². The number of fused-ring (bicyclic) bond motifs is 1. The Labute approximate surface area is 398 Å². The predicted octanol–water partition coefficient (Wildman–Crippen LogP) is -2.65. The highest BCUT2D eigenvalue weighted by atomic mass is 32.3. The second-order valence-electron chi connectivity index (χ2n) is 13.8. The van der Waals surface area contributed by atoms with Gasteiger partial charge in [-0.05, 0) is 25.1 Å². The second kappa shape index (κ2) is 21.0. The number of phenols is 1. The van der Waals surface area contributed by atoms with Gasteiger partial charge in [-0.3, -0.25) is 36.7 Å². The summed E-state index contributed by atoms with van der Waals surface area (Å²) in [5.74, 6) is -3.34. The zero-order valence-corrected chi connectivity index (χ0v) is 40.0. The molecule has 71 heavy (non-hydrogen) atoms. The van der Waals surface area contributed by atoms with Crippen molar-refractivity contribution in [2.24, 2.45) is 0 Å². The van der Waals surface area contributed by atoms with Crippen LogP contribution >= 0.6 is 0 Å². The van der Waals surface area contributed by atoms with Crippen molar-refractivity contribution >= 4 is 83.8 Å². The van der Waals surface area contributed by atoms with Crippen molar-refractivity contribution in [3.05, 3.63) is 46.6 Å². The van der Waals surface area contributed by atoms with E-state index in [1.54, 1.807) is 0 Å². The zero-order valence-electron chi connectivity index (χ0n) is 34.3. The maximum absolute atomic E-state index is 13.3. The van der Waals surface area contributed by atoms with Crippen LogP contribution in [0.1, 0.15) is 6.92 Å². The van der Waals surface area contributed by atoms with E-state index < -0.39 is 180 Å². The van der Waals surface area contributed by atoms with Crippen molar-refractivity contribution in [2.45, 2.75) is 68.3 Å². The normalized spacial score (nSPS) is 26.2. The van der Waals surface area contributed by atoms with Gasteiger partial charge in [0.1, 0.15) is 58.7 Å². The summed E-state index contributed by atoms with van der Waals surface area (Å²) < 4.78 is 296. The van der Waals surface area contributed by atoms with Crippen LogP contribution in [0.5, 0.6) is 23.0 Å². The zero-order chi connectivity index (χ0) is 53.6. The minimum atomic E-state index is -6.07. The Bertz CT molecular complexity index is 3360. The van der Waals surface area contributed by atoms with Crippen LogP contribution in [0.25, 0.3) is 22.3 Å². The topological polar surface area (TPSA) is 542 Å². The molecular weight excluding hydrogens is 1140 g/mol. The lowest BCUT2D eigenvalue weighted by atomic mass is 9.98. The third-order valence-electron chi connectivity index (χ3n) is 8.82. The quantitative estimate of drug-likeness (QED) is 0.0505. The van der Waals surface area contributed by atoms with Crippen molar-refractivity contribution in [1.82, 2.24) is 0 Å². The van der Waals surface area contributed by atoms with Gasteiger partial charge in [-0.25, -0.2) is 25.1 Å². The molecule has 5 rings (SSSR count). The molecule has 0 aliphatic carbocycles. The van der Waals surface area contributed by atoms with E-state index in [4.69, 9.17) is 28.1 Å². The number of rotatable bonds is 21. The maximum Gasteiger partial charge on any atom is 0.446 e. The Morgan fingerprint density at radius 2 is 1.03 bits per heavy atom. The molecule has 10 atom stereocenters. The van der Waals surface area contributed by atoms with Gasteiger partial charge in [0.25, 0.3) is 0 Å². The Morgan fingerprint density at radius 3 is 1.54 bits per heavy atom. The first kappa shape index (κ1) is 57.8. The van der Waals surface area contributed by atoms with Gasteiger partial charge in [0, 0.05) is 23.8 Å². The summed E-state index contributed by atoms with van der Waals surface area (Å²) in [5, 5.41) is 10.3. The van der Waals surface area contributed by atoms with E-state index in [1.807, 2.05) is 0 Å². The summed E-state index contributed by atoms with van der Waals surface area (Å²) in [6, 6.07) is 5.11. The number of hydrogen-bond acceptors (Lipinski definition) is 29. The number of benzene rings is 2. The van der Waals surface area contributed by atoms with Gasteiger partial charge < -0.3 is 37.4 Å². The summed E-state index contributed by atoms with van der Waals surface area (Å²) in [6.45, 7) is -0.882. The summed E-state index contributed by atoms with van der Waals surface area (Å²) in [4.78, 5) is 13.3. The molecule has 43 heteroatoms. The van der Waals surface area contributed by atoms with E-state index in [0.717, 1.165) is 32.2 Å². The van der Waals surface area contributed by atoms with Crippen molar-refractivity contribution in [3.8, 4) is 34.3 Å². The highest BCUT2D eigenvalue weighted by Crippen LogP contribution is 2.39. The molecule has 2 aromatic carbocycles. The third kappa shape index (κ3) is 16.7. The average Bonchev–Trinajstić information content (AvgIpc) is 3.15. The molecule has 0 saturated carbocycles. The molecule has 1 aromatic heterocycles. The van der Waals surface area contributed by atoms with E-state index >= 15 is 0 Å². The van der Waals surface area contributed by atoms with Crippen molar-refractivity contribution < 1.29 is 153 Å². The largest absolute Gasteiger partial charge is 0.507 e. The molecule has 2 fully saturated rings. The molecule has 2 aliphatic rings. The number of phenolic OH excluding ortho intramolecular Hbond substituents is 1. The van der Waals surface area contributed by atoms with E-state index in [2.05, 4.69) is 29.3 Å². The van der Waals surface area contributed by atoms with Crippen LogP contribution in [-0.4, -0.2) is 171 Å². The SMILES string of the molecule is COc1ccc(-c2cc(=O)c3c(O)cc(O[C@@H]4O[C@H](CO[C@@H]5O[C@@H](C)[C@H](OS(=O)(=O)O)[C@@H](OS(=O)(=O)O)[C@H]5OS(=O)(=O)O)[C@@H](OS(=O)(=O)O)[C@H](OS(=O)(=O)O)[C@H]4OS(=O)(=O)O)cc3o2)cc1OS(=O)(=O)O. The minimum absolute atomic E-state index is 0.192. The van der Waals surface area contributed by atoms with Gasteiger partial charge in [-0.15, -0.1) is 0 Å². The summed E-state index contributed by atoms with van der Waals surface area (Å²) >= 11 is 0. The van der Waals surface area contributed by atoms with Crippen molar-refractivity contribution in [2.75, 3.05) is 13.7 Å². The van der Waals surface area contributed by atoms with Crippen LogP contribution in [0.2, 0.25) is 0 Å². The third-order valence-corrected chi connectivity index (χ3v) is 12.0. The second-order valence-corrected chi connectivity index (χ2v) is 21.1. The number of hydrogen-bond donors (Lipinski definition) is 8. The molecule has 8 N–H and O–H groups in total. The van der Waals surface area contributed by atoms with Crippen LogP contribution in [0.4, 0.5) is 0 Å². The van der Waals surface area contributed by atoms with Gasteiger partial charge in [0.15, 0.2) is 35.4 Å². The number of aromatic hydroxyl groups is 1. The van der Waals surface area contributed by atoms with Gasteiger partial charge in [0.05, 0.1) is 19.8 Å². The molecule has 3 heterocycles. The fourth-order valence-corrected chi connectivity index (χ4v) is 9.90. The minimum Gasteiger partial charge on any atom is -0.507 e. The molecule has 0 unspecified atom stereocenters. The van der Waals surface area contributed by atoms with E-state index in [9.17, 15) is 101 Å². The van der Waals surface area contributed by atoms with Crippen LogP contribution in [-0.2, 0) is 112 Å². The summed E-state index contributed by atoms with van der Waals surface area (Å²) in [5.41, 5.74) is -1.94. The molecular formula is C28H32O36S7. The predicted molar refractivity (Wildman–Crippen MR) is 216 cm³/mol. The van der Waals surface area contributed by atoms with Crippen LogP contribution in [0, 0.1) is 0 Å². The summed E-state index contributed by atoms with van der Waals surface area (Å²) in [6.07, 6.45) is -27.8. The maximum atomic E-state index is 13.3. The van der Waals surface area contributed by atoms with Crippen LogP contribution in [0.15, 0.2) is 45.6 Å². The lowest BCUT2D eigenvalue weighted by Crippen LogP contribution is -2.65. The highest BCUT2D eigenvalue weighted by Gasteiger charge is 2.57. The average molecular weight is 1170 g/mol. The Morgan fingerprint density at radius 1 is 0.549 bits per heavy atom. The van der Waals surface area contributed by atoms with Gasteiger partial charge in [0.2, 0.25) is 6.29 Å². The molecule has 2 saturated heterocycles. The molecule has 0 amide bonds. The van der Waals surface area contributed by atoms with Gasteiger partial charge >= 0.3 is 72.8 Å². The smallest absolute Gasteiger partial charge is 0.446 e.